The Bertz CT molecular complexity index is 524. The molecular formula is C12H19N3O3S. The molecule has 1 rings (SSSR count). The largest absolute Gasteiger partial charge is 0.399 e. The third-order valence-electron chi connectivity index (χ3n) is 2.50. The molecule has 0 radical (unpaired) electrons. The molecule has 7 heteroatoms. The lowest BCUT2D eigenvalue weighted by atomic mass is 10.2. The van der Waals surface area contributed by atoms with Gasteiger partial charge in [-0.3, -0.25) is 4.79 Å². The molecule has 6 nitrogen and oxygen atoms in total. The van der Waals surface area contributed by atoms with Crippen LogP contribution in [-0.4, -0.2) is 39.9 Å². The van der Waals surface area contributed by atoms with Crippen LogP contribution < -0.4 is 10.5 Å². The molecule has 0 aromatic heterocycles. The fraction of sp³-hybridized carbons (Fsp3) is 0.417. The number of hydrogen-bond donors (Lipinski definition) is 2. The molecule has 1 amide bonds. The number of hydrogen-bond acceptors (Lipinski definition) is 4. The summed E-state index contributed by atoms with van der Waals surface area (Å²) in [5, 5.41) is 0. The lowest BCUT2D eigenvalue weighted by molar-refractivity contribution is -0.128. The number of amides is 1. The van der Waals surface area contributed by atoms with Gasteiger partial charge in [0, 0.05) is 32.7 Å². The lowest BCUT2D eigenvalue weighted by Crippen LogP contribution is -2.30. The molecule has 3 N–H and O–H groups in total. The highest BCUT2D eigenvalue weighted by molar-refractivity contribution is 7.88. The zero-order valence-corrected chi connectivity index (χ0v) is 11.9. The van der Waals surface area contributed by atoms with Crippen LogP contribution in [0.1, 0.15) is 12.0 Å². The maximum absolute atomic E-state index is 11.8. The Labute approximate surface area is 113 Å². The van der Waals surface area contributed by atoms with Gasteiger partial charge in [0.05, 0.1) is 5.75 Å². The van der Waals surface area contributed by atoms with Crippen molar-refractivity contribution in [2.24, 2.45) is 0 Å². The van der Waals surface area contributed by atoms with Crippen LogP contribution in [0.5, 0.6) is 0 Å². The van der Waals surface area contributed by atoms with E-state index in [-0.39, 0.29) is 24.6 Å². The van der Waals surface area contributed by atoms with Crippen molar-refractivity contribution in [2.45, 2.75) is 12.2 Å². The second-order valence-corrected chi connectivity index (χ2v) is 6.24. The van der Waals surface area contributed by atoms with Crippen LogP contribution in [0.2, 0.25) is 0 Å². The van der Waals surface area contributed by atoms with Crippen LogP contribution in [-0.2, 0) is 20.6 Å². The molecule has 0 saturated carbocycles. The average Bonchev–Trinajstić information content (AvgIpc) is 2.31. The van der Waals surface area contributed by atoms with Crippen molar-refractivity contribution in [1.82, 2.24) is 9.62 Å². The zero-order chi connectivity index (χ0) is 14.5. The first kappa shape index (κ1) is 15.5. The summed E-state index contributed by atoms with van der Waals surface area (Å²) in [7, 11) is -0.170. The summed E-state index contributed by atoms with van der Waals surface area (Å²) in [5.41, 5.74) is 6.77. The summed E-state index contributed by atoms with van der Waals surface area (Å²) in [4.78, 5) is 12.7. The van der Waals surface area contributed by atoms with Crippen molar-refractivity contribution in [3.8, 4) is 0 Å². The minimum absolute atomic E-state index is 0.105. The molecule has 0 aliphatic heterocycles. The first-order valence-electron chi connectivity index (χ1n) is 5.82. The van der Waals surface area contributed by atoms with Gasteiger partial charge in [-0.05, 0) is 17.7 Å². The second-order valence-electron chi connectivity index (χ2n) is 4.43. The van der Waals surface area contributed by atoms with E-state index in [9.17, 15) is 13.2 Å². The summed E-state index contributed by atoms with van der Waals surface area (Å²) >= 11 is 0. The highest BCUT2D eigenvalue weighted by atomic mass is 32.2. The second kappa shape index (κ2) is 6.53. The smallest absolute Gasteiger partial charge is 0.223 e. The Morgan fingerprint density at radius 1 is 1.26 bits per heavy atom. The Morgan fingerprint density at radius 3 is 2.37 bits per heavy atom. The van der Waals surface area contributed by atoms with Gasteiger partial charge in [-0.2, -0.15) is 0 Å². The Morgan fingerprint density at radius 2 is 1.84 bits per heavy atom. The minimum atomic E-state index is -3.43. The van der Waals surface area contributed by atoms with Crippen LogP contribution in [0.3, 0.4) is 0 Å². The number of rotatable bonds is 6. The van der Waals surface area contributed by atoms with Gasteiger partial charge >= 0.3 is 0 Å². The fourth-order valence-corrected chi connectivity index (χ4v) is 2.57. The lowest BCUT2D eigenvalue weighted by Gasteiger charge is -2.11. The number of carbonyl (C=O) groups excluding carboxylic acids is 1. The first-order chi connectivity index (χ1) is 8.80. The highest BCUT2D eigenvalue weighted by Gasteiger charge is 2.12. The van der Waals surface area contributed by atoms with Crippen LogP contribution in [0.4, 0.5) is 5.69 Å². The number of anilines is 1. The summed E-state index contributed by atoms with van der Waals surface area (Å²) in [6.45, 7) is 0.105. The van der Waals surface area contributed by atoms with Crippen molar-refractivity contribution >= 4 is 21.6 Å². The summed E-state index contributed by atoms with van der Waals surface area (Å²) in [6, 6.07) is 6.64. The molecule has 0 atom stereocenters. The Kier molecular flexibility index (Phi) is 5.31. The van der Waals surface area contributed by atoms with Crippen molar-refractivity contribution in [3.63, 3.8) is 0 Å². The molecule has 0 saturated heterocycles. The van der Waals surface area contributed by atoms with E-state index in [4.69, 9.17) is 5.73 Å². The molecular weight excluding hydrogens is 266 g/mol. The normalized spacial score (nSPS) is 11.3. The first-order valence-corrected chi connectivity index (χ1v) is 7.47. The van der Waals surface area contributed by atoms with Gasteiger partial charge in [0.15, 0.2) is 0 Å². The molecule has 0 spiro atoms. The number of sulfonamides is 1. The van der Waals surface area contributed by atoms with E-state index < -0.39 is 10.0 Å². The number of nitrogens with one attached hydrogen (secondary N) is 1. The molecule has 0 heterocycles. The Hall–Kier alpha value is -1.60. The third kappa shape index (κ3) is 5.71. The molecule has 0 bridgehead atoms. The number of nitrogens with zero attached hydrogens (tertiary/aromatic N) is 1. The van der Waals surface area contributed by atoms with E-state index in [1.165, 1.54) is 4.90 Å². The van der Waals surface area contributed by atoms with Gasteiger partial charge in [-0.1, -0.05) is 12.1 Å². The predicted molar refractivity (Wildman–Crippen MR) is 74.8 cm³/mol. The summed E-state index contributed by atoms with van der Waals surface area (Å²) in [6.07, 6.45) is 0.147. The SMILES string of the molecule is CN(C)C(=O)CCNS(=O)(=O)Cc1ccc(N)cc1. The molecule has 0 aliphatic rings. The standard InChI is InChI=1S/C12H19N3O3S/c1-15(2)12(16)7-8-14-19(17,18)9-10-3-5-11(13)6-4-10/h3-6,14H,7-9,13H2,1-2H3. The van der Waals surface area contributed by atoms with E-state index in [0.717, 1.165) is 0 Å². The van der Waals surface area contributed by atoms with Gasteiger partial charge in [0.1, 0.15) is 0 Å². The van der Waals surface area contributed by atoms with Gasteiger partial charge in [-0.25, -0.2) is 13.1 Å². The van der Waals surface area contributed by atoms with Gasteiger partial charge in [-0.15, -0.1) is 0 Å². The van der Waals surface area contributed by atoms with Crippen molar-refractivity contribution in [2.75, 3.05) is 26.4 Å². The van der Waals surface area contributed by atoms with Gasteiger partial charge < -0.3 is 10.6 Å². The fourth-order valence-electron chi connectivity index (χ4n) is 1.42. The van der Waals surface area contributed by atoms with Gasteiger partial charge in [0.2, 0.25) is 15.9 Å². The third-order valence-corrected chi connectivity index (χ3v) is 3.85. The molecule has 19 heavy (non-hydrogen) atoms. The average molecular weight is 285 g/mol. The van der Waals surface area contributed by atoms with Crippen LogP contribution in [0.15, 0.2) is 24.3 Å². The number of carbonyl (C=O) groups is 1. The van der Waals surface area contributed by atoms with E-state index in [2.05, 4.69) is 4.72 Å². The number of nitrogen functional groups attached to an aromatic ring is 1. The molecule has 0 unspecified atom stereocenters. The quantitative estimate of drug-likeness (QED) is 0.729. The number of benzene rings is 1. The van der Waals surface area contributed by atoms with Crippen LogP contribution in [0.25, 0.3) is 0 Å². The maximum atomic E-state index is 11.8. The highest BCUT2D eigenvalue weighted by Crippen LogP contribution is 2.08. The van der Waals surface area contributed by atoms with E-state index >= 15 is 0 Å². The molecule has 106 valence electrons. The summed E-state index contributed by atoms with van der Waals surface area (Å²) < 4.78 is 25.9. The molecule has 1 aromatic carbocycles. The van der Waals surface area contributed by atoms with E-state index in [1.807, 2.05) is 0 Å². The van der Waals surface area contributed by atoms with Crippen LogP contribution >= 0.6 is 0 Å². The monoisotopic (exact) mass is 285 g/mol. The van der Waals surface area contributed by atoms with Crippen LogP contribution in [0, 0.1) is 0 Å². The minimum Gasteiger partial charge on any atom is -0.399 e. The van der Waals surface area contributed by atoms with E-state index in [1.54, 1.807) is 38.4 Å². The van der Waals surface area contributed by atoms with Crippen molar-refractivity contribution in [1.29, 1.82) is 0 Å². The molecule has 1 aromatic rings. The molecule has 0 aliphatic carbocycles. The van der Waals surface area contributed by atoms with E-state index in [0.29, 0.717) is 11.3 Å². The Balaban J connectivity index is 2.48. The van der Waals surface area contributed by atoms with Crippen molar-refractivity contribution in [3.05, 3.63) is 29.8 Å². The maximum Gasteiger partial charge on any atom is 0.223 e. The predicted octanol–water partition coefficient (Wildman–Crippen LogP) is 0.167. The van der Waals surface area contributed by atoms with Crippen molar-refractivity contribution < 1.29 is 13.2 Å². The number of nitrogens with two attached hydrogens (primary N) is 1. The van der Waals surface area contributed by atoms with Gasteiger partial charge in [0.25, 0.3) is 0 Å². The topological polar surface area (TPSA) is 92.5 Å². The zero-order valence-electron chi connectivity index (χ0n) is 11.1. The molecule has 0 fully saturated rings. The summed E-state index contributed by atoms with van der Waals surface area (Å²) in [5.74, 6) is -0.237.